The number of nitrogens with zero attached hydrogens (tertiary/aromatic N) is 2. The molecule has 1 aliphatic rings. The molecule has 0 amide bonds. The Hall–Kier alpha value is -9.12. The van der Waals surface area contributed by atoms with Crippen LogP contribution in [0, 0.1) is 0 Å². The minimum absolute atomic E-state index is 0.756. The van der Waals surface area contributed by atoms with Crippen LogP contribution in [0.5, 0.6) is 0 Å². The highest BCUT2D eigenvalue weighted by Crippen LogP contribution is 2.61. The van der Waals surface area contributed by atoms with Crippen LogP contribution in [0.3, 0.4) is 0 Å². The van der Waals surface area contributed by atoms with Gasteiger partial charge in [-0.05, 0) is 129 Å². The molecule has 4 heteroatoms. The molecule has 0 radical (unpaired) electrons. The summed E-state index contributed by atoms with van der Waals surface area (Å²) in [6.45, 7) is 4.43. The van der Waals surface area contributed by atoms with Gasteiger partial charge in [-0.1, -0.05) is 190 Å². The molecule has 0 saturated carbocycles. The number of aryl methyl sites for hydroxylation is 2. The van der Waals surface area contributed by atoms with E-state index < -0.39 is 5.41 Å². The summed E-state index contributed by atoms with van der Waals surface area (Å²) in [5.41, 5.74) is 18.7. The van der Waals surface area contributed by atoms with Crippen molar-refractivity contribution in [3.8, 4) is 11.1 Å². The lowest BCUT2D eigenvalue weighted by Gasteiger charge is -2.36. The zero-order valence-corrected chi connectivity index (χ0v) is 40.7. The summed E-state index contributed by atoms with van der Waals surface area (Å²) in [7, 11) is 0. The summed E-state index contributed by atoms with van der Waals surface area (Å²) in [4.78, 5) is 4.84. The van der Waals surface area contributed by atoms with Gasteiger partial charge < -0.3 is 18.6 Å². The molecule has 1 aliphatic carbocycles. The smallest absolute Gasteiger partial charge is 0.159 e. The van der Waals surface area contributed by atoms with Gasteiger partial charge in [-0.3, -0.25) is 0 Å². The van der Waals surface area contributed by atoms with Gasteiger partial charge in [0.1, 0.15) is 11.2 Å². The van der Waals surface area contributed by atoms with Gasteiger partial charge in [-0.25, -0.2) is 0 Å². The molecule has 0 atom stereocenters. The number of rotatable bonds is 10. The van der Waals surface area contributed by atoms with Crippen molar-refractivity contribution in [2.75, 3.05) is 9.80 Å². The molecule has 0 aliphatic heterocycles. The number of hydrogen-bond donors (Lipinski definition) is 0. The van der Waals surface area contributed by atoms with E-state index in [1.165, 1.54) is 49.9 Å². The third-order valence-electron chi connectivity index (χ3n) is 15.5. The highest BCUT2D eigenvalue weighted by atomic mass is 16.3. The van der Waals surface area contributed by atoms with Gasteiger partial charge in [0.15, 0.2) is 11.2 Å². The average molecular weight is 939 g/mol. The van der Waals surface area contributed by atoms with Gasteiger partial charge >= 0.3 is 0 Å². The SMILES string of the molecule is CCc1ccc(N(c2ccc3c(c2)C(c2ccccc2)(c2ccccc2)c2cc(N(c4ccc(CC)cc4)c4cccc5c4oc4ccccc45)c4ccccc4c2-3)c2cccc3c2oc2ccccc23)cc1. The molecule has 2 heterocycles. The first-order chi connectivity index (χ1) is 36.1. The van der Waals surface area contributed by atoms with E-state index in [0.29, 0.717) is 0 Å². The Morgan fingerprint density at radius 1 is 0.342 bits per heavy atom. The molecule has 2 aromatic heterocycles. The van der Waals surface area contributed by atoms with Crippen molar-refractivity contribution in [2.24, 2.45) is 0 Å². The van der Waals surface area contributed by atoms with Crippen LogP contribution in [-0.4, -0.2) is 0 Å². The topological polar surface area (TPSA) is 32.8 Å². The zero-order chi connectivity index (χ0) is 48.6. The van der Waals surface area contributed by atoms with Crippen molar-refractivity contribution in [1.82, 2.24) is 0 Å². The van der Waals surface area contributed by atoms with Crippen LogP contribution in [0.2, 0.25) is 0 Å². The van der Waals surface area contributed by atoms with E-state index in [0.717, 1.165) is 96.2 Å². The molecule has 0 fully saturated rings. The minimum Gasteiger partial charge on any atom is -0.454 e. The van der Waals surface area contributed by atoms with Crippen molar-refractivity contribution < 1.29 is 8.83 Å². The molecule has 0 N–H and O–H groups in total. The monoisotopic (exact) mass is 938 g/mol. The first-order valence-electron chi connectivity index (χ1n) is 25.5. The third-order valence-corrected chi connectivity index (χ3v) is 15.5. The van der Waals surface area contributed by atoms with E-state index in [2.05, 4.69) is 260 Å². The summed E-state index contributed by atoms with van der Waals surface area (Å²) in [5.74, 6) is 0. The molecular formula is C69H50N2O2. The number of para-hydroxylation sites is 4. The van der Waals surface area contributed by atoms with E-state index in [4.69, 9.17) is 8.83 Å². The summed E-state index contributed by atoms with van der Waals surface area (Å²) < 4.78 is 13.7. The number of fused-ring (bicyclic) bond motifs is 11. The molecule has 4 nitrogen and oxygen atoms in total. The predicted molar refractivity (Wildman–Crippen MR) is 304 cm³/mol. The Balaban J connectivity index is 1.09. The predicted octanol–water partition coefficient (Wildman–Crippen LogP) is 19.1. The van der Waals surface area contributed by atoms with Gasteiger partial charge in [0.25, 0.3) is 0 Å². The Kier molecular flexibility index (Phi) is 9.97. The number of hydrogen-bond acceptors (Lipinski definition) is 4. The van der Waals surface area contributed by atoms with Crippen molar-refractivity contribution in [2.45, 2.75) is 32.1 Å². The molecular weight excluding hydrogens is 889 g/mol. The summed E-state index contributed by atoms with van der Waals surface area (Å²) >= 11 is 0. The fourth-order valence-electron chi connectivity index (χ4n) is 12.1. The fraction of sp³-hybridized carbons (Fsp3) is 0.0725. The van der Waals surface area contributed by atoms with Gasteiger partial charge in [0.2, 0.25) is 0 Å². The number of furan rings is 2. The molecule has 0 bridgehead atoms. The fourth-order valence-corrected chi connectivity index (χ4v) is 12.1. The highest BCUT2D eigenvalue weighted by Gasteiger charge is 2.48. The molecule has 73 heavy (non-hydrogen) atoms. The molecule has 13 aromatic rings. The van der Waals surface area contributed by atoms with Crippen LogP contribution >= 0.6 is 0 Å². The van der Waals surface area contributed by atoms with Crippen LogP contribution < -0.4 is 9.80 Å². The standard InChI is InChI=1S/C69H50N2O2/c1-3-45-33-37-49(38-34-45)70(61-29-17-27-56-53-24-13-15-31-64(53)72-67(56)61)51-41-42-58-59(43-51)69(47-19-7-5-8-20-47,48-21-9-6-10-22-48)60-44-63(52-23-11-12-26-55(52)66(58)60)71(50-39-35-46(4-2)36-40-50)62-30-18-28-57-54-25-14-16-32-65(54)73-68(57)62/h5-44H,3-4H2,1-2H3. The summed E-state index contributed by atoms with van der Waals surface area (Å²) in [6, 6.07) is 88.9. The van der Waals surface area contributed by atoms with Gasteiger partial charge in [0, 0.05) is 44.0 Å². The first kappa shape index (κ1) is 42.7. The van der Waals surface area contributed by atoms with Gasteiger partial charge in [-0.2, -0.15) is 0 Å². The molecule has 0 spiro atoms. The van der Waals surface area contributed by atoms with E-state index >= 15 is 0 Å². The molecule has 0 unspecified atom stereocenters. The Bertz CT molecular complexity index is 4190. The third kappa shape index (κ3) is 6.53. The second-order valence-electron chi connectivity index (χ2n) is 19.3. The van der Waals surface area contributed by atoms with Crippen molar-refractivity contribution in [3.05, 3.63) is 276 Å². The van der Waals surface area contributed by atoms with Crippen molar-refractivity contribution >= 4 is 88.8 Å². The number of benzene rings is 11. The van der Waals surface area contributed by atoms with Crippen LogP contribution in [0.4, 0.5) is 34.1 Å². The largest absolute Gasteiger partial charge is 0.454 e. The van der Waals surface area contributed by atoms with Crippen LogP contribution in [0.25, 0.3) is 65.8 Å². The lowest BCUT2D eigenvalue weighted by atomic mass is 9.67. The molecule has 0 saturated heterocycles. The normalized spacial score (nSPS) is 12.7. The first-order valence-corrected chi connectivity index (χ1v) is 25.5. The van der Waals surface area contributed by atoms with E-state index in [-0.39, 0.29) is 0 Å². The lowest BCUT2D eigenvalue weighted by molar-refractivity contribution is 0.668. The van der Waals surface area contributed by atoms with Gasteiger partial charge in [-0.15, -0.1) is 0 Å². The lowest BCUT2D eigenvalue weighted by Crippen LogP contribution is -2.29. The van der Waals surface area contributed by atoms with Crippen molar-refractivity contribution in [3.63, 3.8) is 0 Å². The van der Waals surface area contributed by atoms with Crippen molar-refractivity contribution in [1.29, 1.82) is 0 Å². The Labute approximate surface area is 424 Å². The van der Waals surface area contributed by atoms with Crippen LogP contribution in [0.15, 0.2) is 251 Å². The highest BCUT2D eigenvalue weighted by molar-refractivity contribution is 6.15. The van der Waals surface area contributed by atoms with Gasteiger partial charge in [0.05, 0.1) is 22.5 Å². The Morgan fingerprint density at radius 2 is 0.795 bits per heavy atom. The molecule has 11 aromatic carbocycles. The molecule has 14 rings (SSSR count). The van der Waals surface area contributed by atoms with Crippen LogP contribution in [-0.2, 0) is 18.3 Å². The quantitative estimate of drug-likeness (QED) is 0.137. The summed E-state index contributed by atoms with van der Waals surface area (Å²) in [6.07, 6.45) is 1.91. The van der Waals surface area contributed by atoms with E-state index in [9.17, 15) is 0 Å². The maximum Gasteiger partial charge on any atom is 0.159 e. The minimum atomic E-state index is -0.756. The number of anilines is 6. The zero-order valence-electron chi connectivity index (χ0n) is 40.7. The van der Waals surface area contributed by atoms with E-state index in [1.54, 1.807) is 0 Å². The molecule has 348 valence electrons. The average Bonchev–Trinajstić information content (AvgIpc) is 4.13. The maximum atomic E-state index is 6.90. The van der Waals surface area contributed by atoms with Crippen LogP contribution in [0.1, 0.15) is 47.2 Å². The second kappa shape index (κ2) is 17.0. The second-order valence-corrected chi connectivity index (χ2v) is 19.3. The van der Waals surface area contributed by atoms with E-state index in [1.807, 2.05) is 6.07 Å². The Morgan fingerprint density at radius 3 is 1.34 bits per heavy atom. The maximum absolute atomic E-state index is 6.90. The summed E-state index contributed by atoms with van der Waals surface area (Å²) in [5, 5.41) is 6.71.